The van der Waals surface area contributed by atoms with Gasteiger partial charge in [-0.1, -0.05) is 11.6 Å². The van der Waals surface area contributed by atoms with Crippen LogP contribution in [0.1, 0.15) is 46.7 Å². The Morgan fingerprint density at radius 2 is 1.75 bits per heavy atom. The van der Waals surface area contributed by atoms with E-state index in [-0.39, 0.29) is 18.0 Å². The molecule has 130 valence electrons. The van der Waals surface area contributed by atoms with Gasteiger partial charge in [0.1, 0.15) is 0 Å². The second-order valence-electron chi connectivity index (χ2n) is 4.69. The lowest BCUT2D eigenvalue weighted by molar-refractivity contribution is -0.136. The van der Waals surface area contributed by atoms with Crippen LogP contribution in [-0.4, -0.2) is 53.7 Å². The van der Waals surface area contributed by atoms with Gasteiger partial charge in [0.15, 0.2) is 5.69 Å². The average molecular weight is 337 g/mol. The average Bonchev–Trinajstić information content (AvgIpc) is 3.03. The van der Waals surface area contributed by atoms with Gasteiger partial charge in [-0.05, 0) is 19.3 Å². The number of carbonyl (C=O) groups excluding carboxylic acids is 3. The van der Waals surface area contributed by atoms with Crippen molar-refractivity contribution in [2.24, 2.45) is 0 Å². The lowest BCUT2D eigenvalue weighted by atomic mass is 10.2. The molecule has 9 nitrogen and oxygen atoms in total. The van der Waals surface area contributed by atoms with Crippen molar-refractivity contribution in [3.05, 3.63) is 11.4 Å². The third-order valence-electron chi connectivity index (χ3n) is 3.11. The number of nitrogens with zero attached hydrogens (tertiary/aromatic N) is 3. The van der Waals surface area contributed by atoms with E-state index in [1.165, 1.54) is 18.9 Å². The smallest absolute Gasteiger partial charge is 0.384 e. The number of hydrogen-bond acceptors (Lipinski definition) is 8. The molecule has 0 N–H and O–H groups in total. The van der Waals surface area contributed by atoms with Crippen molar-refractivity contribution in [2.75, 3.05) is 20.8 Å². The van der Waals surface area contributed by atoms with Gasteiger partial charge in [-0.2, -0.15) is 0 Å². The van der Waals surface area contributed by atoms with Crippen molar-refractivity contribution in [2.45, 2.75) is 32.2 Å². The van der Waals surface area contributed by atoms with Gasteiger partial charge in [0.2, 0.25) is 5.69 Å². The highest BCUT2D eigenvalue weighted by molar-refractivity contribution is 6.00. The Bertz CT molecular complexity index is 632. The first-order valence-electron chi connectivity index (χ1n) is 7.28. The largest absolute Gasteiger partial charge is 0.464 e. The molecule has 0 aromatic carbocycles. The highest BCUT2D eigenvalue weighted by Crippen LogP contribution is 2.11. The summed E-state index contributed by atoms with van der Waals surface area (Å²) in [6, 6.07) is 0. The Balaban J connectivity index is 2.49. The van der Waals surface area contributed by atoms with Gasteiger partial charge in [0, 0.05) is 12.5 Å². The molecule has 0 unspecified atom stereocenters. The van der Waals surface area contributed by atoms with Gasteiger partial charge in [-0.25, -0.2) is 19.1 Å². The highest BCUT2D eigenvalue weighted by Gasteiger charge is 2.26. The van der Waals surface area contributed by atoms with Gasteiger partial charge in [-0.3, -0.25) is 0 Å². The van der Waals surface area contributed by atoms with Crippen molar-refractivity contribution in [3.63, 3.8) is 0 Å². The van der Waals surface area contributed by atoms with Crippen LogP contribution in [0, 0.1) is 12.3 Å². The number of esters is 3. The first kappa shape index (κ1) is 19.2. The van der Waals surface area contributed by atoms with E-state index in [2.05, 4.69) is 19.8 Å². The van der Waals surface area contributed by atoms with Crippen molar-refractivity contribution in [1.82, 2.24) is 15.0 Å². The molecule has 0 fully saturated rings. The van der Waals surface area contributed by atoms with Gasteiger partial charge < -0.3 is 14.2 Å². The number of aromatic nitrogens is 3. The molecule has 24 heavy (non-hydrogen) atoms. The first-order chi connectivity index (χ1) is 11.5. The fourth-order valence-electron chi connectivity index (χ4n) is 1.93. The maximum Gasteiger partial charge on any atom is 0.384 e. The van der Waals surface area contributed by atoms with Crippen molar-refractivity contribution in [3.8, 4) is 12.3 Å². The molecule has 1 aromatic heterocycles. The molecule has 9 heteroatoms. The van der Waals surface area contributed by atoms with E-state index >= 15 is 0 Å². The Labute approximate surface area is 139 Å². The molecule has 0 atom stereocenters. The summed E-state index contributed by atoms with van der Waals surface area (Å²) in [6.07, 6.45) is 7.86. The van der Waals surface area contributed by atoms with E-state index in [1.54, 1.807) is 0 Å². The number of methoxy groups -OCH3 is 2. The molecule has 0 amide bonds. The van der Waals surface area contributed by atoms with Crippen molar-refractivity contribution in [1.29, 1.82) is 0 Å². The zero-order valence-corrected chi connectivity index (χ0v) is 13.6. The maximum absolute atomic E-state index is 11.8. The molecule has 0 aliphatic carbocycles. The standard InChI is InChI=1S/C15H19N3O6/c1-4-11(19)24-10-8-6-5-7-9-18-13(15(21)23-3)12(16-17-18)14(20)22-2/h1H,5-10H2,2-3H3. The van der Waals surface area contributed by atoms with Crippen molar-refractivity contribution >= 4 is 17.9 Å². The van der Waals surface area contributed by atoms with E-state index in [9.17, 15) is 14.4 Å². The monoisotopic (exact) mass is 337 g/mol. The van der Waals surface area contributed by atoms with Gasteiger partial charge in [-0.15, -0.1) is 11.5 Å². The molecule has 1 heterocycles. The van der Waals surface area contributed by atoms with Crippen LogP contribution < -0.4 is 0 Å². The number of ether oxygens (including phenoxy) is 3. The third kappa shape index (κ3) is 5.39. The molecule has 1 rings (SSSR count). The quantitative estimate of drug-likeness (QED) is 0.212. The number of terminal acetylenes is 1. The van der Waals surface area contributed by atoms with Gasteiger partial charge >= 0.3 is 17.9 Å². The first-order valence-corrected chi connectivity index (χ1v) is 7.28. The van der Waals surface area contributed by atoms with E-state index < -0.39 is 17.9 Å². The Morgan fingerprint density at radius 3 is 2.38 bits per heavy atom. The minimum absolute atomic E-state index is 0.0349. The van der Waals surface area contributed by atoms with Crippen LogP contribution in [-0.2, 0) is 25.5 Å². The summed E-state index contributed by atoms with van der Waals surface area (Å²) in [7, 11) is 2.40. The summed E-state index contributed by atoms with van der Waals surface area (Å²) >= 11 is 0. The second-order valence-corrected chi connectivity index (χ2v) is 4.69. The molecule has 0 saturated carbocycles. The summed E-state index contributed by atoms with van der Waals surface area (Å²) in [5.41, 5.74) is -0.210. The molecule has 0 radical (unpaired) electrons. The van der Waals surface area contributed by atoms with Crippen molar-refractivity contribution < 1.29 is 28.6 Å². The zero-order chi connectivity index (χ0) is 17.9. The molecule has 0 aliphatic heterocycles. The minimum atomic E-state index is -0.753. The number of aryl methyl sites for hydroxylation is 1. The van der Waals surface area contributed by atoms with Crippen LogP contribution >= 0.6 is 0 Å². The van der Waals surface area contributed by atoms with E-state index in [4.69, 9.17) is 11.2 Å². The van der Waals surface area contributed by atoms with Crippen LogP contribution in [0.25, 0.3) is 0 Å². The normalized spacial score (nSPS) is 9.88. The Kier molecular flexibility index (Phi) is 7.98. The zero-order valence-electron chi connectivity index (χ0n) is 13.6. The summed E-state index contributed by atoms with van der Waals surface area (Å²) < 4.78 is 15.3. The molecule has 1 aromatic rings. The second kappa shape index (κ2) is 9.99. The summed E-state index contributed by atoms with van der Waals surface area (Å²) in [5.74, 6) is -0.264. The van der Waals surface area contributed by atoms with Crippen LogP contribution in [0.5, 0.6) is 0 Å². The molecule has 0 aliphatic rings. The van der Waals surface area contributed by atoms with Crippen LogP contribution in [0.4, 0.5) is 0 Å². The molecular formula is C15H19N3O6. The third-order valence-corrected chi connectivity index (χ3v) is 3.11. The van der Waals surface area contributed by atoms with Crippen LogP contribution in [0.15, 0.2) is 0 Å². The SMILES string of the molecule is C#CC(=O)OCCCCCCn1nnc(C(=O)OC)c1C(=O)OC. The van der Waals surface area contributed by atoms with Gasteiger partial charge in [0.25, 0.3) is 0 Å². The number of hydrogen-bond donors (Lipinski definition) is 0. The van der Waals surface area contributed by atoms with E-state index in [0.29, 0.717) is 19.4 Å². The fourth-order valence-corrected chi connectivity index (χ4v) is 1.93. The van der Waals surface area contributed by atoms with Crippen LogP contribution in [0.2, 0.25) is 0 Å². The lowest BCUT2D eigenvalue weighted by Gasteiger charge is -2.06. The number of unbranched alkanes of at least 4 members (excludes halogenated alkanes) is 3. The highest BCUT2D eigenvalue weighted by atomic mass is 16.5. The lowest BCUT2D eigenvalue weighted by Crippen LogP contribution is -2.16. The predicted molar refractivity (Wildman–Crippen MR) is 81.0 cm³/mol. The van der Waals surface area contributed by atoms with Gasteiger partial charge in [0.05, 0.1) is 20.8 Å². The van der Waals surface area contributed by atoms with E-state index in [0.717, 1.165) is 12.8 Å². The minimum Gasteiger partial charge on any atom is -0.464 e. The summed E-state index contributed by atoms with van der Waals surface area (Å²) in [4.78, 5) is 34.1. The number of rotatable bonds is 9. The molecule has 0 spiro atoms. The molecule has 0 bridgehead atoms. The van der Waals surface area contributed by atoms with E-state index in [1.807, 2.05) is 5.92 Å². The maximum atomic E-state index is 11.8. The summed E-state index contributed by atoms with van der Waals surface area (Å²) in [6.45, 7) is 0.658. The topological polar surface area (TPSA) is 110 Å². The van der Waals surface area contributed by atoms with Crippen LogP contribution in [0.3, 0.4) is 0 Å². The molecular weight excluding hydrogens is 318 g/mol. The number of carbonyl (C=O) groups is 3. The Morgan fingerprint density at radius 1 is 1.08 bits per heavy atom. The predicted octanol–water partition coefficient (Wildman–Crippen LogP) is 0.588. The Hall–Kier alpha value is -2.89. The summed E-state index contributed by atoms with van der Waals surface area (Å²) in [5, 5.41) is 7.47. The fraction of sp³-hybridized carbons (Fsp3) is 0.533. The molecule has 0 saturated heterocycles.